The molecule has 0 spiro atoms. The minimum absolute atomic E-state index is 0.381. The Kier molecular flexibility index (Phi) is 5.98. The van der Waals surface area contributed by atoms with E-state index in [9.17, 15) is 4.21 Å². The molecule has 0 saturated heterocycles. The van der Waals surface area contributed by atoms with Gasteiger partial charge in [-0.25, -0.2) is 0 Å². The summed E-state index contributed by atoms with van der Waals surface area (Å²) in [6.07, 6.45) is 4.67. The normalized spacial score (nSPS) is 32.9. The molecule has 4 atom stereocenters. The van der Waals surface area contributed by atoms with E-state index < -0.39 is 10.8 Å². The van der Waals surface area contributed by atoms with E-state index in [0.717, 1.165) is 30.4 Å². The highest BCUT2D eigenvalue weighted by atomic mass is 32.2. The highest BCUT2D eigenvalue weighted by Crippen LogP contribution is 2.32. The lowest BCUT2D eigenvalue weighted by molar-refractivity contribution is 0.249. The lowest BCUT2D eigenvalue weighted by atomic mass is 9.79. The van der Waals surface area contributed by atoms with Crippen LogP contribution in [0.4, 0.5) is 0 Å². The van der Waals surface area contributed by atoms with Gasteiger partial charge in [0.2, 0.25) is 0 Å². The summed E-state index contributed by atoms with van der Waals surface area (Å²) in [5, 5.41) is 3.74. The molecule has 4 unspecified atom stereocenters. The number of hydrogen-bond donors (Lipinski definition) is 1. The first-order chi connectivity index (χ1) is 7.60. The first-order valence-corrected chi connectivity index (χ1v) is 8.02. The maximum atomic E-state index is 12.2. The Labute approximate surface area is 103 Å². The molecule has 2 nitrogen and oxygen atoms in total. The second-order valence-electron chi connectivity index (χ2n) is 5.34. The van der Waals surface area contributed by atoms with Gasteiger partial charge in [-0.3, -0.25) is 4.21 Å². The van der Waals surface area contributed by atoms with Gasteiger partial charge in [-0.05, 0) is 44.6 Å². The minimum Gasteiger partial charge on any atom is -0.316 e. The molecule has 1 aliphatic rings. The van der Waals surface area contributed by atoms with Gasteiger partial charge in [-0.15, -0.1) is 0 Å². The number of nitrogens with one attached hydrogen (secondary N) is 1. The summed E-state index contributed by atoms with van der Waals surface area (Å²) >= 11 is 0. The maximum Gasteiger partial charge on any atom is 0.0503 e. The summed E-state index contributed by atoms with van der Waals surface area (Å²) in [5.74, 6) is 2.38. The molecular weight excluding hydrogens is 218 g/mol. The first kappa shape index (κ1) is 14.2. The van der Waals surface area contributed by atoms with Crippen LogP contribution in [0.5, 0.6) is 0 Å². The van der Waals surface area contributed by atoms with Crippen LogP contribution in [-0.2, 0) is 10.8 Å². The summed E-state index contributed by atoms with van der Waals surface area (Å²) in [6, 6.07) is 0.474. The number of rotatable bonds is 5. The average molecular weight is 245 g/mol. The molecule has 0 radical (unpaired) electrons. The predicted octanol–water partition coefficient (Wildman–Crippen LogP) is 2.56. The van der Waals surface area contributed by atoms with Crippen LogP contribution >= 0.6 is 0 Å². The Morgan fingerprint density at radius 1 is 1.38 bits per heavy atom. The van der Waals surface area contributed by atoms with Gasteiger partial charge in [0, 0.05) is 22.6 Å². The van der Waals surface area contributed by atoms with Crippen LogP contribution in [-0.4, -0.2) is 28.3 Å². The van der Waals surface area contributed by atoms with E-state index in [2.05, 4.69) is 26.1 Å². The zero-order valence-electron chi connectivity index (χ0n) is 11.2. The Morgan fingerprint density at radius 2 is 2.06 bits per heavy atom. The Bertz CT molecular complexity index is 230. The maximum absolute atomic E-state index is 12.2. The fourth-order valence-corrected chi connectivity index (χ4v) is 4.54. The van der Waals surface area contributed by atoms with Gasteiger partial charge < -0.3 is 5.32 Å². The van der Waals surface area contributed by atoms with Crippen LogP contribution in [0.25, 0.3) is 0 Å². The molecule has 96 valence electrons. The molecule has 0 aliphatic heterocycles. The summed E-state index contributed by atoms with van der Waals surface area (Å²) < 4.78 is 12.2. The van der Waals surface area contributed by atoms with Crippen LogP contribution in [0.2, 0.25) is 0 Å². The number of hydrogen-bond acceptors (Lipinski definition) is 2. The second-order valence-corrected chi connectivity index (χ2v) is 7.11. The highest BCUT2D eigenvalue weighted by Gasteiger charge is 2.34. The molecule has 1 saturated carbocycles. The van der Waals surface area contributed by atoms with Crippen molar-refractivity contribution in [3.05, 3.63) is 0 Å². The molecule has 1 fully saturated rings. The van der Waals surface area contributed by atoms with Crippen LogP contribution in [0.15, 0.2) is 0 Å². The highest BCUT2D eigenvalue weighted by molar-refractivity contribution is 7.85. The lowest BCUT2D eigenvalue weighted by Gasteiger charge is -2.37. The molecule has 0 aromatic rings. The van der Waals surface area contributed by atoms with Crippen LogP contribution < -0.4 is 5.32 Å². The molecule has 1 rings (SSSR count). The first-order valence-electron chi connectivity index (χ1n) is 6.64. The molecule has 0 aromatic heterocycles. The van der Waals surface area contributed by atoms with Crippen molar-refractivity contribution in [2.75, 3.05) is 12.8 Å². The third-order valence-corrected chi connectivity index (χ3v) is 5.90. The summed E-state index contributed by atoms with van der Waals surface area (Å²) in [5.41, 5.74) is 0. The zero-order chi connectivity index (χ0) is 12.1. The van der Waals surface area contributed by atoms with Gasteiger partial charge in [0.25, 0.3) is 0 Å². The third-order valence-electron chi connectivity index (χ3n) is 3.89. The topological polar surface area (TPSA) is 29.1 Å². The van der Waals surface area contributed by atoms with E-state index in [1.54, 1.807) is 0 Å². The van der Waals surface area contributed by atoms with Gasteiger partial charge in [0.1, 0.15) is 0 Å². The van der Waals surface area contributed by atoms with Crippen molar-refractivity contribution in [1.29, 1.82) is 0 Å². The summed E-state index contributed by atoms with van der Waals surface area (Å²) in [4.78, 5) is 0. The van der Waals surface area contributed by atoms with Gasteiger partial charge in [0.15, 0.2) is 0 Å². The van der Waals surface area contributed by atoms with E-state index in [4.69, 9.17) is 0 Å². The quantitative estimate of drug-likeness (QED) is 0.806. The molecule has 16 heavy (non-hydrogen) atoms. The van der Waals surface area contributed by atoms with Gasteiger partial charge in [-0.2, -0.15) is 0 Å². The van der Waals surface area contributed by atoms with E-state index in [1.165, 1.54) is 12.8 Å². The van der Waals surface area contributed by atoms with Crippen molar-refractivity contribution in [2.45, 2.75) is 57.7 Å². The van der Waals surface area contributed by atoms with Crippen molar-refractivity contribution >= 4 is 10.8 Å². The predicted molar refractivity (Wildman–Crippen MR) is 72.1 cm³/mol. The Morgan fingerprint density at radius 3 is 2.56 bits per heavy atom. The van der Waals surface area contributed by atoms with Crippen molar-refractivity contribution in [3.63, 3.8) is 0 Å². The molecular formula is C13H27NOS. The molecule has 0 bridgehead atoms. The fraction of sp³-hybridized carbons (Fsp3) is 1.00. The molecule has 3 heteroatoms. The van der Waals surface area contributed by atoms with E-state index >= 15 is 0 Å². The summed E-state index contributed by atoms with van der Waals surface area (Å²) in [7, 11) is 1.37. The molecule has 1 N–H and O–H groups in total. The standard InChI is InChI=1S/C13H27NOS/c1-5-8-16(15)13-9-11(10(2)3)6-7-12(13)14-4/h10-14H,5-9H2,1-4H3. The van der Waals surface area contributed by atoms with Crippen molar-refractivity contribution < 1.29 is 4.21 Å². The van der Waals surface area contributed by atoms with E-state index in [0.29, 0.717) is 11.3 Å². The van der Waals surface area contributed by atoms with Crippen LogP contribution in [0.3, 0.4) is 0 Å². The van der Waals surface area contributed by atoms with Crippen LogP contribution in [0.1, 0.15) is 46.5 Å². The second kappa shape index (κ2) is 6.75. The Hall–Kier alpha value is 0.110. The third kappa shape index (κ3) is 3.56. The fourth-order valence-electron chi connectivity index (χ4n) is 2.74. The molecule has 1 aliphatic carbocycles. The lowest BCUT2D eigenvalue weighted by Crippen LogP contribution is -2.46. The molecule has 0 amide bonds. The molecule has 0 aromatic carbocycles. The van der Waals surface area contributed by atoms with Crippen LogP contribution in [0, 0.1) is 11.8 Å². The smallest absolute Gasteiger partial charge is 0.0503 e. The van der Waals surface area contributed by atoms with Crippen molar-refractivity contribution in [3.8, 4) is 0 Å². The van der Waals surface area contributed by atoms with Gasteiger partial charge in [0.05, 0.1) is 5.25 Å². The molecule has 0 heterocycles. The summed E-state index contributed by atoms with van der Waals surface area (Å²) in [6.45, 7) is 6.71. The van der Waals surface area contributed by atoms with Crippen molar-refractivity contribution in [2.24, 2.45) is 11.8 Å². The van der Waals surface area contributed by atoms with Gasteiger partial charge >= 0.3 is 0 Å². The minimum atomic E-state index is -0.636. The van der Waals surface area contributed by atoms with E-state index in [1.807, 2.05) is 7.05 Å². The largest absolute Gasteiger partial charge is 0.316 e. The van der Waals surface area contributed by atoms with Gasteiger partial charge in [-0.1, -0.05) is 20.8 Å². The Balaban J connectivity index is 2.63. The zero-order valence-corrected chi connectivity index (χ0v) is 12.0. The van der Waals surface area contributed by atoms with E-state index in [-0.39, 0.29) is 0 Å². The monoisotopic (exact) mass is 245 g/mol. The average Bonchev–Trinajstić information content (AvgIpc) is 2.28. The SMILES string of the molecule is CCCS(=O)C1CC(C(C)C)CCC1NC. The van der Waals surface area contributed by atoms with Crippen molar-refractivity contribution in [1.82, 2.24) is 5.32 Å².